The molecule has 2 amide bonds. The zero-order chi connectivity index (χ0) is 17.8. The van der Waals surface area contributed by atoms with Crippen molar-refractivity contribution in [3.05, 3.63) is 47.5 Å². The van der Waals surface area contributed by atoms with Gasteiger partial charge < -0.3 is 15.0 Å². The van der Waals surface area contributed by atoms with Gasteiger partial charge in [-0.3, -0.25) is 0 Å². The molecule has 1 aliphatic rings. The van der Waals surface area contributed by atoms with Crippen molar-refractivity contribution >= 4 is 11.7 Å². The van der Waals surface area contributed by atoms with Crippen molar-refractivity contribution in [1.82, 2.24) is 14.9 Å². The summed E-state index contributed by atoms with van der Waals surface area (Å²) in [5.74, 6) is -0.335. The fraction of sp³-hybridized carbons (Fsp3) is 0.389. The standard InChI is InChI=1S/C18H21FN4O2/c1-12-10-13(2)21-17(20-12)25-16-4-3-9-23(11-16)18(24)22-15-7-5-14(19)6-8-15/h5-8,10,16H,3-4,9,11H2,1-2H3,(H,22,24)/t16-/m1/s1. The number of anilines is 1. The highest BCUT2D eigenvalue weighted by Gasteiger charge is 2.25. The lowest BCUT2D eigenvalue weighted by molar-refractivity contribution is 0.0980. The third-order valence-corrected chi connectivity index (χ3v) is 3.99. The molecule has 2 aromatic rings. The summed E-state index contributed by atoms with van der Waals surface area (Å²) in [5, 5.41) is 2.78. The minimum atomic E-state index is -0.335. The highest BCUT2D eigenvalue weighted by atomic mass is 19.1. The van der Waals surface area contributed by atoms with Crippen molar-refractivity contribution in [3.63, 3.8) is 0 Å². The Labute approximate surface area is 146 Å². The Morgan fingerprint density at radius 1 is 1.24 bits per heavy atom. The van der Waals surface area contributed by atoms with Crippen LogP contribution >= 0.6 is 0 Å². The Hall–Kier alpha value is -2.70. The fourth-order valence-corrected chi connectivity index (χ4v) is 2.85. The number of halogens is 1. The second-order valence-corrected chi connectivity index (χ2v) is 6.20. The summed E-state index contributed by atoms with van der Waals surface area (Å²) < 4.78 is 18.8. The first-order valence-electron chi connectivity index (χ1n) is 8.30. The van der Waals surface area contributed by atoms with Crippen LogP contribution < -0.4 is 10.1 Å². The fourth-order valence-electron chi connectivity index (χ4n) is 2.85. The predicted molar refractivity (Wildman–Crippen MR) is 92.1 cm³/mol. The highest BCUT2D eigenvalue weighted by Crippen LogP contribution is 2.18. The molecular formula is C18H21FN4O2. The van der Waals surface area contributed by atoms with E-state index in [1.165, 1.54) is 24.3 Å². The molecule has 0 unspecified atom stereocenters. The normalized spacial score (nSPS) is 17.2. The van der Waals surface area contributed by atoms with E-state index >= 15 is 0 Å². The SMILES string of the molecule is Cc1cc(C)nc(O[C@@H]2CCCN(C(=O)Nc3ccc(F)cc3)C2)n1. The number of likely N-dealkylation sites (tertiary alicyclic amines) is 1. The van der Waals surface area contributed by atoms with Crippen molar-refractivity contribution in [1.29, 1.82) is 0 Å². The zero-order valence-electron chi connectivity index (χ0n) is 14.3. The molecule has 3 rings (SSSR count). The zero-order valence-corrected chi connectivity index (χ0v) is 14.3. The number of ether oxygens (including phenoxy) is 1. The number of benzene rings is 1. The monoisotopic (exact) mass is 344 g/mol. The van der Waals surface area contributed by atoms with Crippen LogP contribution in [0.1, 0.15) is 24.2 Å². The van der Waals surface area contributed by atoms with Crippen LogP contribution in [0, 0.1) is 19.7 Å². The van der Waals surface area contributed by atoms with Crippen LogP contribution in [0.25, 0.3) is 0 Å². The van der Waals surface area contributed by atoms with Crippen LogP contribution in [0.5, 0.6) is 6.01 Å². The predicted octanol–water partition coefficient (Wildman–Crippen LogP) is 3.31. The summed E-state index contributed by atoms with van der Waals surface area (Å²) in [7, 11) is 0. The first kappa shape index (κ1) is 17.1. The van der Waals surface area contributed by atoms with E-state index in [-0.39, 0.29) is 18.0 Å². The molecule has 6 nitrogen and oxygen atoms in total. The molecule has 1 atom stereocenters. The Morgan fingerprint density at radius 2 is 1.92 bits per heavy atom. The second-order valence-electron chi connectivity index (χ2n) is 6.20. The molecular weight excluding hydrogens is 323 g/mol. The van der Waals surface area contributed by atoms with Crippen LogP contribution in [0.15, 0.2) is 30.3 Å². The van der Waals surface area contributed by atoms with Gasteiger partial charge in [-0.1, -0.05) is 0 Å². The number of hydrogen-bond acceptors (Lipinski definition) is 4. The molecule has 25 heavy (non-hydrogen) atoms. The van der Waals surface area contributed by atoms with Crippen molar-refractivity contribution in [2.45, 2.75) is 32.8 Å². The van der Waals surface area contributed by atoms with Gasteiger partial charge in [0, 0.05) is 23.6 Å². The largest absolute Gasteiger partial charge is 0.458 e. The number of urea groups is 1. The third-order valence-electron chi connectivity index (χ3n) is 3.99. The number of rotatable bonds is 3. The molecule has 0 radical (unpaired) electrons. The molecule has 1 saturated heterocycles. The molecule has 1 fully saturated rings. The van der Waals surface area contributed by atoms with Gasteiger partial charge in [-0.2, -0.15) is 0 Å². The van der Waals surface area contributed by atoms with Gasteiger partial charge in [-0.05, 0) is 57.0 Å². The van der Waals surface area contributed by atoms with Crippen LogP contribution in [-0.4, -0.2) is 40.1 Å². The molecule has 0 bridgehead atoms. The van der Waals surface area contributed by atoms with Gasteiger partial charge in [0.1, 0.15) is 11.9 Å². The average Bonchev–Trinajstić information content (AvgIpc) is 2.56. The summed E-state index contributed by atoms with van der Waals surface area (Å²) in [4.78, 5) is 22.7. The number of piperidine rings is 1. The maximum absolute atomic E-state index is 12.9. The number of amides is 2. The number of aromatic nitrogens is 2. The highest BCUT2D eigenvalue weighted by molar-refractivity contribution is 5.89. The molecule has 132 valence electrons. The number of aryl methyl sites for hydroxylation is 2. The Bertz CT molecular complexity index is 731. The van der Waals surface area contributed by atoms with Gasteiger partial charge in [0.2, 0.25) is 0 Å². The topological polar surface area (TPSA) is 67.3 Å². The number of carbonyl (C=O) groups excluding carboxylic acids is 1. The van der Waals surface area contributed by atoms with Gasteiger partial charge in [0.15, 0.2) is 0 Å². The van der Waals surface area contributed by atoms with Crippen LogP contribution in [0.2, 0.25) is 0 Å². The van der Waals surface area contributed by atoms with Gasteiger partial charge in [0.05, 0.1) is 6.54 Å². The maximum Gasteiger partial charge on any atom is 0.321 e. The van der Waals surface area contributed by atoms with Crippen LogP contribution in [-0.2, 0) is 0 Å². The first-order valence-corrected chi connectivity index (χ1v) is 8.30. The van der Waals surface area contributed by atoms with Crippen molar-refractivity contribution < 1.29 is 13.9 Å². The molecule has 1 N–H and O–H groups in total. The number of nitrogens with zero attached hydrogens (tertiary/aromatic N) is 3. The van der Waals surface area contributed by atoms with Gasteiger partial charge in [0.25, 0.3) is 0 Å². The summed E-state index contributed by atoms with van der Waals surface area (Å²) in [6.07, 6.45) is 1.54. The van der Waals surface area contributed by atoms with E-state index in [0.717, 1.165) is 24.2 Å². The van der Waals surface area contributed by atoms with Gasteiger partial charge in [-0.25, -0.2) is 19.2 Å². The molecule has 2 heterocycles. The van der Waals surface area contributed by atoms with Crippen LogP contribution in [0.4, 0.5) is 14.9 Å². The van der Waals surface area contributed by atoms with Gasteiger partial charge in [-0.15, -0.1) is 0 Å². The van der Waals surface area contributed by atoms with E-state index in [1.54, 1.807) is 4.90 Å². The molecule has 1 aromatic carbocycles. The molecule has 1 aromatic heterocycles. The summed E-state index contributed by atoms with van der Waals surface area (Å²) in [6.45, 7) is 4.90. The quantitative estimate of drug-likeness (QED) is 0.928. The molecule has 0 aliphatic carbocycles. The van der Waals surface area contributed by atoms with E-state index in [0.29, 0.717) is 24.8 Å². The van der Waals surface area contributed by atoms with Crippen molar-refractivity contribution in [3.8, 4) is 6.01 Å². The number of carbonyl (C=O) groups is 1. The molecule has 0 spiro atoms. The second kappa shape index (κ2) is 7.46. The van der Waals surface area contributed by atoms with Gasteiger partial charge >= 0.3 is 12.0 Å². The van der Waals surface area contributed by atoms with E-state index in [9.17, 15) is 9.18 Å². The minimum absolute atomic E-state index is 0.145. The first-order chi connectivity index (χ1) is 12.0. The van der Waals surface area contributed by atoms with E-state index < -0.39 is 0 Å². The Balaban J connectivity index is 1.60. The summed E-state index contributed by atoms with van der Waals surface area (Å²) in [5.41, 5.74) is 2.26. The van der Waals surface area contributed by atoms with E-state index in [4.69, 9.17) is 4.74 Å². The Morgan fingerprint density at radius 3 is 2.60 bits per heavy atom. The molecule has 1 aliphatic heterocycles. The number of hydrogen-bond donors (Lipinski definition) is 1. The maximum atomic E-state index is 12.9. The molecule has 0 saturated carbocycles. The lowest BCUT2D eigenvalue weighted by Crippen LogP contribution is -2.46. The van der Waals surface area contributed by atoms with E-state index in [2.05, 4.69) is 15.3 Å². The molecule has 7 heteroatoms. The summed E-state index contributed by atoms with van der Waals surface area (Å²) in [6, 6.07) is 7.72. The van der Waals surface area contributed by atoms with Crippen LogP contribution in [0.3, 0.4) is 0 Å². The lowest BCUT2D eigenvalue weighted by atomic mass is 10.1. The van der Waals surface area contributed by atoms with Crippen molar-refractivity contribution in [2.24, 2.45) is 0 Å². The average molecular weight is 344 g/mol. The lowest BCUT2D eigenvalue weighted by Gasteiger charge is -2.32. The minimum Gasteiger partial charge on any atom is -0.458 e. The summed E-state index contributed by atoms with van der Waals surface area (Å²) >= 11 is 0. The third kappa shape index (κ3) is 4.65. The van der Waals surface area contributed by atoms with Crippen molar-refractivity contribution in [2.75, 3.05) is 18.4 Å². The van der Waals surface area contributed by atoms with E-state index in [1.807, 2.05) is 19.9 Å². The number of nitrogens with one attached hydrogen (secondary N) is 1. The smallest absolute Gasteiger partial charge is 0.321 e. The Kier molecular flexibility index (Phi) is 5.11.